The van der Waals surface area contributed by atoms with Gasteiger partial charge in [0.05, 0.1) is 12.6 Å². The lowest BCUT2D eigenvalue weighted by molar-refractivity contribution is -0.132. The van der Waals surface area contributed by atoms with Gasteiger partial charge in [-0.1, -0.05) is 6.92 Å². The zero-order valence-corrected chi connectivity index (χ0v) is 8.36. The molecule has 4 nitrogen and oxygen atoms in total. The third-order valence-corrected chi connectivity index (χ3v) is 2.67. The van der Waals surface area contributed by atoms with Crippen molar-refractivity contribution in [1.29, 1.82) is 0 Å². The number of aliphatic hydroxyl groups is 1. The van der Waals surface area contributed by atoms with E-state index in [1.54, 1.807) is 11.8 Å². The fourth-order valence-electron chi connectivity index (χ4n) is 1.77. The molecule has 76 valence electrons. The summed E-state index contributed by atoms with van der Waals surface area (Å²) in [6.45, 7) is 7.07. The van der Waals surface area contributed by atoms with Crippen LogP contribution in [0.1, 0.15) is 13.8 Å². The molecule has 1 N–H and O–H groups in total. The smallest absolute Gasteiger partial charge is 0.219 e. The highest BCUT2D eigenvalue weighted by Crippen LogP contribution is 2.08. The van der Waals surface area contributed by atoms with E-state index in [4.69, 9.17) is 5.11 Å². The van der Waals surface area contributed by atoms with Crippen LogP contribution in [-0.4, -0.2) is 59.6 Å². The van der Waals surface area contributed by atoms with Crippen molar-refractivity contribution in [2.45, 2.75) is 19.9 Å². The van der Waals surface area contributed by atoms with Crippen molar-refractivity contribution in [2.24, 2.45) is 0 Å². The lowest BCUT2D eigenvalue weighted by atomic mass is 10.2. The Kier molecular flexibility index (Phi) is 3.69. The molecule has 0 saturated carbocycles. The predicted molar refractivity (Wildman–Crippen MR) is 50.4 cm³/mol. The minimum atomic E-state index is 0.106. The van der Waals surface area contributed by atoms with Gasteiger partial charge in [-0.25, -0.2) is 0 Å². The van der Waals surface area contributed by atoms with E-state index in [1.807, 2.05) is 0 Å². The van der Waals surface area contributed by atoms with Gasteiger partial charge in [-0.3, -0.25) is 9.69 Å². The fraction of sp³-hybridized carbons (Fsp3) is 0.889. The number of aliphatic hydroxyl groups excluding tert-OH is 1. The molecular weight excluding hydrogens is 168 g/mol. The molecule has 0 aliphatic carbocycles. The van der Waals surface area contributed by atoms with Crippen molar-refractivity contribution < 1.29 is 9.90 Å². The van der Waals surface area contributed by atoms with Crippen molar-refractivity contribution in [3.63, 3.8) is 0 Å². The molecular formula is C9H18N2O2. The predicted octanol–water partition coefficient (Wildman–Crippen LogP) is -0.469. The largest absolute Gasteiger partial charge is 0.395 e. The second-order valence-electron chi connectivity index (χ2n) is 3.43. The highest BCUT2D eigenvalue weighted by atomic mass is 16.3. The second kappa shape index (κ2) is 4.58. The first-order chi connectivity index (χ1) is 6.19. The van der Waals surface area contributed by atoms with Gasteiger partial charge in [-0.15, -0.1) is 0 Å². The molecule has 1 unspecified atom stereocenters. The average molecular weight is 186 g/mol. The summed E-state index contributed by atoms with van der Waals surface area (Å²) in [5.74, 6) is 0.106. The number of piperazine rings is 1. The Hall–Kier alpha value is -0.610. The minimum absolute atomic E-state index is 0.106. The van der Waals surface area contributed by atoms with Crippen LogP contribution < -0.4 is 0 Å². The Morgan fingerprint density at radius 3 is 2.69 bits per heavy atom. The first kappa shape index (κ1) is 10.5. The molecule has 0 aromatic heterocycles. The van der Waals surface area contributed by atoms with Crippen LogP contribution in [0.25, 0.3) is 0 Å². The van der Waals surface area contributed by atoms with Crippen molar-refractivity contribution in [3.05, 3.63) is 0 Å². The number of carbonyl (C=O) groups is 1. The number of rotatable bonds is 2. The summed E-state index contributed by atoms with van der Waals surface area (Å²) < 4.78 is 0. The molecule has 1 amide bonds. The Labute approximate surface area is 79.1 Å². The molecule has 1 aliphatic rings. The van der Waals surface area contributed by atoms with Gasteiger partial charge in [-0.05, 0) is 6.54 Å². The van der Waals surface area contributed by atoms with Crippen LogP contribution in [-0.2, 0) is 4.79 Å². The first-order valence-corrected chi connectivity index (χ1v) is 4.79. The SMILES string of the molecule is CCN1CCN(C(C)=O)CC1CO. The molecule has 1 saturated heterocycles. The molecule has 0 aromatic rings. The number of likely N-dealkylation sites (N-methyl/N-ethyl adjacent to an activating group) is 1. The average Bonchev–Trinajstić information content (AvgIpc) is 2.16. The van der Waals surface area contributed by atoms with Crippen LogP contribution >= 0.6 is 0 Å². The van der Waals surface area contributed by atoms with E-state index in [0.717, 1.165) is 19.6 Å². The van der Waals surface area contributed by atoms with Gasteiger partial charge in [0.2, 0.25) is 5.91 Å². The summed E-state index contributed by atoms with van der Waals surface area (Å²) in [4.78, 5) is 15.1. The third kappa shape index (κ3) is 2.42. The van der Waals surface area contributed by atoms with E-state index >= 15 is 0 Å². The van der Waals surface area contributed by atoms with Crippen molar-refractivity contribution in [2.75, 3.05) is 32.8 Å². The monoisotopic (exact) mass is 186 g/mol. The van der Waals surface area contributed by atoms with Gasteiger partial charge < -0.3 is 10.0 Å². The Morgan fingerprint density at radius 1 is 1.54 bits per heavy atom. The quantitative estimate of drug-likeness (QED) is 0.634. The Morgan fingerprint density at radius 2 is 2.23 bits per heavy atom. The van der Waals surface area contributed by atoms with E-state index < -0.39 is 0 Å². The van der Waals surface area contributed by atoms with Crippen molar-refractivity contribution >= 4 is 5.91 Å². The molecule has 1 atom stereocenters. The third-order valence-electron chi connectivity index (χ3n) is 2.67. The minimum Gasteiger partial charge on any atom is -0.395 e. The molecule has 1 heterocycles. The highest BCUT2D eigenvalue weighted by Gasteiger charge is 2.26. The lowest BCUT2D eigenvalue weighted by Crippen LogP contribution is -2.55. The van der Waals surface area contributed by atoms with Crippen LogP contribution in [0.5, 0.6) is 0 Å². The van der Waals surface area contributed by atoms with Gasteiger partial charge in [0, 0.05) is 26.6 Å². The fourth-order valence-corrected chi connectivity index (χ4v) is 1.77. The Balaban J connectivity index is 2.52. The van der Waals surface area contributed by atoms with Gasteiger partial charge in [0.25, 0.3) is 0 Å². The molecule has 0 aromatic carbocycles. The summed E-state index contributed by atoms with van der Waals surface area (Å²) in [6, 6.07) is 0.127. The maximum absolute atomic E-state index is 11.1. The highest BCUT2D eigenvalue weighted by molar-refractivity contribution is 5.73. The molecule has 4 heteroatoms. The lowest BCUT2D eigenvalue weighted by Gasteiger charge is -2.39. The molecule has 1 fully saturated rings. The standard InChI is InChI=1S/C9H18N2O2/c1-3-10-4-5-11(8(2)13)6-9(10)7-12/h9,12H,3-7H2,1-2H3. The van der Waals surface area contributed by atoms with E-state index in [0.29, 0.717) is 6.54 Å². The van der Waals surface area contributed by atoms with Crippen LogP contribution in [0.3, 0.4) is 0 Å². The second-order valence-corrected chi connectivity index (χ2v) is 3.43. The van der Waals surface area contributed by atoms with Crippen molar-refractivity contribution in [1.82, 2.24) is 9.80 Å². The van der Waals surface area contributed by atoms with E-state index in [9.17, 15) is 4.79 Å². The number of carbonyl (C=O) groups excluding carboxylic acids is 1. The van der Waals surface area contributed by atoms with Crippen LogP contribution in [0.15, 0.2) is 0 Å². The van der Waals surface area contributed by atoms with Crippen LogP contribution in [0.2, 0.25) is 0 Å². The maximum atomic E-state index is 11.1. The van der Waals surface area contributed by atoms with Gasteiger partial charge in [0.15, 0.2) is 0 Å². The molecule has 13 heavy (non-hydrogen) atoms. The summed E-state index contributed by atoms with van der Waals surface area (Å²) >= 11 is 0. The number of nitrogens with zero attached hydrogens (tertiary/aromatic N) is 2. The normalized spacial score (nSPS) is 24.8. The zero-order chi connectivity index (χ0) is 9.84. The number of hydrogen-bond acceptors (Lipinski definition) is 3. The van der Waals surface area contributed by atoms with E-state index in [2.05, 4.69) is 11.8 Å². The van der Waals surface area contributed by atoms with Crippen molar-refractivity contribution in [3.8, 4) is 0 Å². The van der Waals surface area contributed by atoms with Gasteiger partial charge in [0.1, 0.15) is 0 Å². The first-order valence-electron chi connectivity index (χ1n) is 4.79. The summed E-state index contributed by atoms with van der Waals surface area (Å²) in [5.41, 5.74) is 0. The number of hydrogen-bond donors (Lipinski definition) is 1. The Bertz CT molecular complexity index is 184. The zero-order valence-electron chi connectivity index (χ0n) is 8.36. The number of amides is 1. The summed E-state index contributed by atoms with van der Waals surface area (Å²) in [7, 11) is 0. The topological polar surface area (TPSA) is 43.8 Å². The van der Waals surface area contributed by atoms with Gasteiger partial charge in [-0.2, -0.15) is 0 Å². The van der Waals surface area contributed by atoms with Crippen LogP contribution in [0.4, 0.5) is 0 Å². The molecule has 1 aliphatic heterocycles. The van der Waals surface area contributed by atoms with E-state index in [-0.39, 0.29) is 18.6 Å². The van der Waals surface area contributed by atoms with E-state index in [1.165, 1.54) is 0 Å². The molecule has 0 bridgehead atoms. The molecule has 0 spiro atoms. The molecule has 1 rings (SSSR count). The molecule has 0 radical (unpaired) electrons. The maximum Gasteiger partial charge on any atom is 0.219 e. The van der Waals surface area contributed by atoms with Gasteiger partial charge >= 0.3 is 0 Å². The summed E-state index contributed by atoms with van der Waals surface area (Å²) in [6.07, 6.45) is 0. The summed E-state index contributed by atoms with van der Waals surface area (Å²) in [5, 5.41) is 9.11. The van der Waals surface area contributed by atoms with Crippen LogP contribution in [0, 0.1) is 0 Å².